The van der Waals surface area contributed by atoms with Crippen LogP contribution >= 0.6 is 0 Å². The van der Waals surface area contributed by atoms with E-state index in [9.17, 15) is 4.79 Å². The molecule has 0 bridgehead atoms. The van der Waals surface area contributed by atoms with Gasteiger partial charge >= 0.3 is 5.97 Å². The van der Waals surface area contributed by atoms with E-state index in [0.29, 0.717) is 18.1 Å². The van der Waals surface area contributed by atoms with Gasteiger partial charge in [0, 0.05) is 11.6 Å². The largest absolute Gasteiger partial charge is 0.497 e. The summed E-state index contributed by atoms with van der Waals surface area (Å²) in [6.07, 6.45) is 1.45. The van der Waals surface area contributed by atoms with Crippen molar-refractivity contribution in [3.63, 3.8) is 0 Å². The lowest BCUT2D eigenvalue weighted by molar-refractivity contribution is -0.137. The monoisotopic (exact) mass is 250 g/mol. The highest BCUT2D eigenvalue weighted by Gasteiger charge is 2.08. The first-order chi connectivity index (χ1) is 8.62. The molecular weight excluding hydrogens is 232 g/mol. The molecule has 1 aromatic carbocycles. The molecule has 1 aromatic rings. The lowest BCUT2D eigenvalue weighted by Crippen LogP contribution is -2.01. The molecule has 0 saturated carbocycles. The minimum atomic E-state index is -0.361. The second-order valence-corrected chi connectivity index (χ2v) is 3.65. The molecule has 0 aliphatic rings. The first-order valence-corrected chi connectivity index (χ1v) is 5.69. The summed E-state index contributed by atoms with van der Waals surface area (Å²) in [7, 11) is 3.18. The zero-order valence-electron chi connectivity index (χ0n) is 11.1. The van der Waals surface area contributed by atoms with E-state index in [1.807, 2.05) is 13.0 Å². The molecule has 0 fully saturated rings. The van der Waals surface area contributed by atoms with E-state index in [1.54, 1.807) is 33.3 Å². The minimum absolute atomic E-state index is 0.359. The number of hydrogen-bond donors (Lipinski definition) is 0. The fraction of sp³-hybridized carbons (Fsp3) is 0.357. The van der Waals surface area contributed by atoms with Crippen LogP contribution in [0.4, 0.5) is 0 Å². The maximum atomic E-state index is 11.4. The Labute approximate surface area is 107 Å². The summed E-state index contributed by atoms with van der Waals surface area (Å²) in [5.41, 5.74) is 1.58. The van der Waals surface area contributed by atoms with E-state index in [0.717, 1.165) is 11.1 Å². The van der Waals surface area contributed by atoms with E-state index in [2.05, 4.69) is 0 Å². The number of carbonyl (C=O) groups excluding carboxylic acids is 1. The van der Waals surface area contributed by atoms with Crippen molar-refractivity contribution in [1.29, 1.82) is 0 Å². The maximum absolute atomic E-state index is 11.4. The smallest absolute Gasteiger partial charge is 0.331 e. The number of carbonyl (C=O) groups is 1. The van der Waals surface area contributed by atoms with Crippen molar-refractivity contribution in [3.05, 3.63) is 29.8 Å². The summed E-state index contributed by atoms with van der Waals surface area (Å²) in [4.78, 5) is 11.4. The zero-order chi connectivity index (χ0) is 13.5. The van der Waals surface area contributed by atoms with Crippen LogP contribution in [0.25, 0.3) is 5.57 Å². The van der Waals surface area contributed by atoms with Crippen LogP contribution in [0.3, 0.4) is 0 Å². The van der Waals surface area contributed by atoms with Crippen molar-refractivity contribution in [3.8, 4) is 11.5 Å². The Morgan fingerprint density at radius 3 is 2.56 bits per heavy atom. The van der Waals surface area contributed by atoms with E-state index in [1.165, 1.54) is 6.08 Å². The molecule has 4 nitrogen and oxygen atoms in total. The SMILES string of the molecule is CCOC(=O)/C=C(/C)c1cc(OC)ccc1OC. The molecule has 0 amide bonds. The van der Waals surface area contributed by atoms with Crippen molar-refractivity contribution in [2.75, 3.05) is 20.8 Å². The maximum Gasteiger partial charge on any atom is 0.331 e. The summed E-state index contributed by atoms with van der Waals surface area (Å²) in [5.74, 6) is 1.04. The quantitative estimate of drug-likeness (QED) is 0.595. The molecule has 0 N–H and O–H groups in total. The second-order valence-electron chi connectivity index (χ2n) is 3.65. The van der Waals surface area contributed by atoms with Gasteiger partial charge in [-0.25, -0.2) is 4.79 Å². The number of allylic oxidation sites excluding steroid dienone is 1. The van der Waals surface area contributed by atoms with E-state index < -0.39 is 0 Å². The van der Waals surface area contributed by atoms with E-state index in [-0.39, 0.29) is 5.97 Å². The fourth-order valence-corrected chi connectivity index (χ4v) is 1.56. The molecule has 0 aliphatic carbocycles. The van der Waals surface area contributed by atoms with Crippen LogP contribution in [0.5, 0.6) is 11.5 Å². The Kier molecular flexibility index (Phi) is 5.24. The standard InChI is InChI=1S/C14H18O4/c1-5-18-14(15)8-10(2)12-9-11(16-3)6-7-13(12)17-4/h6-9H,5H2,1-4H3/b10-8-. The van der Waals surface area contributed by atoms with Gasteiger partial charge in [0.05, 0.1) is 20.8 Å². The van der Waals surface area contributed by atoms with Crippen LogP contribution in [-0.4, -0.2) is 26.8 Å². The van der Waals surface area contributed by atoms with Crippen molar-refractivity contribution < 1.29 is 19.0 Å². The zero-order valence-corrected chi connectivity index (χ0v) is 11.1. The highest BCUT2D eigenvalue weighted by molar-refractivity contribution is 5.91. The summed E-state index contributed by atoms with van der Waals surface area (Å²) in [6, 6.07) is 5.43. The summed E-state index contributed by atoms with van der Waals surface area (Å²) >= 11 is 0. The van der Waals surface area contributed by atoms with Crippen molar-refractivity contribution in [2.24, 2.45) is 0 Å². The lowest BCUT2D eigenvalue weighted by atomic mass is 10.1. The molecule has 0 spiro atoms. The Hall–Kier alpha value is -1.97. The van der Waals surface area contributed by atoms with Crippen LogP contribution in [0.1, 0.15) is 19.4 Å². The fourth-order valence-electron chi connectivity index (χ4n) is 1.56. The molecule has 0 heterocycles. The van der Waals surface area contributed by atoms with E-state index >= 15 is 0 Å². The van der Waals surface area contributed by atoms with Gasteiger partial charge in [0.1, 0.15) is 11.5 Å². The van der Waals surface area contributed by atoms with Gasteiger partial charge < -0.3 is 14.2 Å². The molecule has 0 aromatic heterocycles. The predicted molar refractivity (Wildman–Crippen MR) is 69.8 cm³/mol. The average Bonchev–Trinajstić information content (AvgIpc) is 2.38. The molecule has 4 heteroatoms. The van der Waals surface area contributed by atoms with Gasteiger partial charge in [0.15, 0.2) is 0 Å². The number of rotatable bonds is 5. The number of methoxy groups -OCH3 is 2. The van der Waals surface area contributed by atoms with Gasteiger partial charge in [-0.05, 0) is 37.6 Å². The van der Waals surface area contributed by atoms with Gasteiger partial charge in [-0.3, -0.25) is 0 Å². The highest BCUT2D eigenvalue weighted by Crippen LogP contribution is 2.29. The number of hydrogen-bond acceptors (Lipinski definition) is 4. The van der Waals surface area contributed by atoms with Crippen molar-refractivity contribution in [2.45, 2.75) is 13.8 Å². The van der Waals surface area contributed by atoms with Gasteiger partial charge in [-0.1, -0.05) is 0 Å². The average molecular weight is 250 g/mol. The third kappa shape index (κ3) is 3.52. The number of ether oxygens (including phenoxy) is 3. The van der Waals surface area contributed by atoms with E-state index in [4.69, 9.17) is 14.2 Å². The predicted octanol–water partition coefficient (Wildman–Crippen LogP) is 2.67. The van der Waals surface area contributed by atoms with Gasteiger partial charge in [0.2, 0.25) is 0 Å². The van der Waals surface area contributed by atoms with Crippen LogP contribution in [-0.2, 0) is 9.53 Å². The molecule has 0 radical (unpaired) electrons. The highest BCUT2D eigenvalue weighted by atomic mass is 16.5. The van der Waals surface area contributed by atoms with Gasteiger partial charge in [-0.15, -0.1) is 0 Å². The normalized spacial score (nSPS) is 11.0. The molecule has 0 atom stereocenters. The van der Waals surface area contributed by atoms with Crippen LogP contribution in [0, 0.1) is 0 Å². The molecule has 0 aliphatic heterocycles. The molecule has 0 saturated heterocycles. The molecule has 1 rings (SSSR count). The first-order valence-electron chi connectivity index (χ1n) is 5.69. The Bertz CT molecular complexity index is 449. The number of benzene rings is 1. The number of esters is 1. The Morgan fingerprint density at radius 1 is 1.28 bits per heavy atom. The first kappa shape index (κ1) is 14.1. The lowest BCUT2D eigenvalue weighted by Gasteiger charge is -2.10. The van der Waals surface area contributed by atoms with Crippen LogP contribution in [0.2, 0.25) is 0 Å². The Morgan fingerprint density at radius 2 is 2.00 bits per heavy atom. The minimum Gasteiger partial charge on any atom is -0.497 e. The molecule has 0 unspecified atom stereocenters. The topological polar surface area (TPSA) is 44.8 Å². The van der Waals surface area contributed by atoms with Crippen LogP contribution in [0.15, 0.2) is 24.3 Å². The second kappa shape index (κ2) is 6.69. The van der Waals surface area contributed by atoms with Crippen LogP contribution < -0.4 is 9.47 Å². The molecule has 18 heavy (non-hydrogen) atoms. The Balaban J connectivity index is 3.09. The third-order valence-corrected chi connectivity index (χ3v) is 2.45. The van der Waals surface area contributed by atoms with Gasteiger partial charge in [0.25, 0.3) is 0 Å². The summed E-state index contributed by atoms with van der Waals surface area (Å²) < 4.78 is 15.3. The molecular formula is C14H18O4. The van der Waals surface area contributed by atoms with Crippen molar-refractivity contribution >= 4 is 11.5 Å². The molecule has 98 valence electrons. The van der Waals surface area contributed by atoms with Gasteiger partial charge in [-0.2, -0.15) is 0 Å². The summed E-state index contributed by atoms with van der Waals surface area (Å²) in [5, 5.41) is 0. The summed E-state index contributed by atoms with van der Waals surface area (Å²) in [6.45, 7) is 3.96. The third-order valence-electron chi connectivity index (χ3n) is 2.45. The van der Waals surface area contributed by atoms with Crippen molar-refractivity contribution in [1.82, 2.24) is 0 Å².